The number of ether oxygens (including phenoxy) is 1. The zero-order valence-corrected chi connectivity index (χ0v) is 22.8. The van der Waals surface area contributed by atoms with E-state index in [-0.39, 0.29) is 41.1 Å². The minimum atomic E-state index is -5.03. The fraction of sp³-hybridized carbons (Fsp3) is 0.250. The number of nitrogens with zero attached hydrogens (tertiary/aromatic N) is 2. The molecule has 13 heteroatoms. The normalized spacial score (nSPS) is 21.2. The lowest BCUT2D eigenvalue weighted by Gasteiger charge is -2.29. The Balaban J connectivity index is 1.22. The van der Waals surface area contributed by atoms with Gasteiger partial charge in [0.05, 0.1) is 21.1 Å². The highest BCUT2D eigenvalue weighted by Gasteiger charge is 2.42. The van der Waals surface area contributed by atoms with E-state index in [1.54, 1.807) is 12.3 Å². The summed E-state index contributed by atoms with van der Waals surface area (Å²) in [5.74, 6) is -2.93. The van der Waals surface area contributed by atoms with Gasteiger partial charge in [0.1, 0.15) is 6.10 Å². The van der Waals surface area contributed by atoms with Crippen LogP contribution in [0.3, 0.4) is 0 Å². The van der Waals surface area contributed by atoms with Crippen molar-refractivity contribution in [1.29, 1.82) is 0 Å². The Labute approximate surface area is 241 Å². The highest BCUT2D eigenvalue weighted by Crippen LogP contribution is 2.32. The molecule has 0 radical (unpaired) electrons. The van der Waals surface area contributed by atoms with Crippen molar-refractivity contribution in [3.63, 3.8) is 0 Å². The van der Waals surface area contributed by atoms with Crippen LogP contribution in [0.4, 0.5) is 18.9 Å². The number of nitrogens with one attached hydrogen (secondary N) is 2. The van der Waals surface area contributed by atoms with Crippen LogP contribution in [0.2, 0.25) is 5.02 Å². The molecule has 2 heterocycles. The third-order valence-electron chi connectivity index (χ3n) is 6.52. The number of pyridine rings is 1. The predicted molar refractivity (Wildman–Crippen MR) is 150 cm³/mol. The topological polar surface area (TPSA) is 110 Å². The average molecular weight is 603 g/mol. The summed E-state index contributed by atoms with van der Waals surface area (Å²) in [5.41, 5.74) is 2.23. The second-order valence-electron chi connectivity index (χ2n) is 9.45. The maximum absolute atomic E-state index is 12.9. The third-order valence-corrected chi connectivity index (χ3v) is 7.75. The first kappa shape index (κ1) is 28.6. The standard InChI is InChI=1S/C28H22ClF3N4O4S/c29-20-9-4-17(24(37)34-18-5-7-19(8-6-18)40-26(39)28(30,31)32)14-22(20)35-27-36-25(38)23(41-27)13-15-3-10-21-16(12-15)2-1-11-33-21/h1-4,9-14,18-19H,5-8H2,(H,34,37)(H,35,36,38)/b23-13-. The number of fused-ring (bicyclic) bond motifs is 1. The van der Waals surface area contributed by atoms with Crippen LogP contribution in [0.25, 0.3) is 17.0 Å². The number of carbonyl (C=O) groups is 3. The number of carbonyl (C=O) groups excluding carboxylic acids is 3. The zero-order chi connectivity index (χ0) is 29.1. The molecule has 5 rings (SSSR count). The number of benzene rings is 2. The first-order valence-electron chi connectivity index (χ1n) is 12.6. The van der Waals surface area contributed by atoms with Crippen LogP contribution < -0.4 is 10.6 Å². The van der Waals surface area contributed by atoms with Gasteiger partial charge >= 0.3 is 12.1 Å². The molecule has 1 saturated carbocycles. The molecule has 0 spiro atoms. The molecule has 212 valence electrons. The molecule has 3 aromatic rings. The van der Waals surface area contributed by atoms with Crippen LogP contribution in [-0.4, -0.2) is 46.3 Å². The van der Waals surface area contributed by atoms with Gasteiger partial charge in [0.25, 0.3) is 11.8 Å². The maximum atomic E-state index is 12.9. The van der Waals surface area contributed by atoms with Gasteiger partial charge in [-0.15, -0.1) is 0 Å². The first-order valence-corrected chi connectivity index (χ1v) is 13.8. The Bertz CT molecular complexity index is 1590. The number of thioether (sulfide) groups is 1. The van der Waals surface area contributed by atoms with Crippen LogP contribution in [0.15, 0.2) is 64.6 Å². The SMILES string of the molecule is O=C1NC(=Nc2cc(C(=O)NC3CCC(OC(=O)C(F)(F)F)CC3)ccc2Cl)S/C1=C\c1ccc2ncccc2c1. The molecule has 0 unspecified atom stereocenters. The van der Waals surface area contributed by atoms with E-state index in [0.717, 1.165) is 28.2 Å². The van der Waals surface area contributed by atoms with Gasteiger partial charge in [-0.1, -0.05) is 23.7 Å². The lowest BCUT2D eigenvalue weighted by atomic mass is 9.92. The molecule has 8 nitrogen and oxygen atoms in total. The summed E-state index contributed by atoms with van der Waals surface area (Å²) in [7, 11) is 0. The number of halogens is 4. The maximum Gasteiger partial charge on any atom is 0.490 e. The number of rotatable bonds is 5. The molecular weight excluding hydrogens is 581 g/mol. The van der Waals surface area contributed by atoms with E-state index in [1.165, 1.54) is 18.2 Å². The Morgan fingerprint density at radius 3 is 2.66 bits per heavy atom. The van der Waals surface area contributed by atoms with E-state index in [4.69, 9.17) is 11.6 Å². The Kier molecular flexibility index (Phi) is 8.32. The number of aliphatic imine (C=N–C) groups is 1. The fourth-order valence-corrected chi connectivity index (χ4v) is 5.47. The molecule has 0 bridgehead atoms. The highest BCUT2D eigenvalue weighted by molar-refractivity contribution is 8.18. The van der Waals surface area contributed by atoms with E-state index in [1.807, 2.05) is 30.3 Å². The van der Waals surface area contributed by atoms with Crippen LogP contribution in [-0.2, 0) is 14.3 Å². The number of hydrogen-bond donors (Lipinski definition) is 2. The first-order chi connectivity index (χ1) is 19.5. The minimum Gasteiger partial charge on any atom is -0.456 e. The van der Waals surface area contributed by atoms with E-state index in [9.17, 15) is 27.6 Å². The summed E-state index contributed by atoms with van der Waals surface area (Å²) >= 11 is 7.46. The number of amides is 2. The molecule has 2 N–H and O–H groups in total. The van der Waals surface area contributed by atoms with E-state index in [0.29, 0.717) is 22.9 Å². The molecule has 2 amide bonds. The molecule has 2 aromatic carbocycles. The molecule has 2 fully saturated rings. The third kappa shape index (κ3) is 7.06. The highest BCUT2D eigenvalue weighted by atomic mass is 35.5. The summed E-state index contributed by atoms with van der Waals surface area (Å²) in [6.45, 7) is 0. The molecule has 1 aliphatic heterocycles. The molecule has 1 saturated heterocycles. The number of aromatic nitrogens is 1. The quantitative estimate of drug-likeness (QED) is 0.277. The Morgan fingerprint density at radius 2 is 1.90 bits per heavy atom. The van der Waals surface area contributed by atoms with E-state index >= 15 is 0 Å². The lowest BCUT2D eigenvalue weighted by molar-refractivity contribution is -0.206. The van der Waals surface area contributed by atoms with Gasteiger partial charge < -0.3 is 15.4 Å². The smallest absolute Gasteiger partial charge is 0.456 e. The Hall–Kier alpha value is -3.90. The summed E-state index contributed by atoms with van der Waals surface area (Å²) in [5, 5.41) is 7.08. The van der Waals surface area contributed by atoms with Gasteiger partial charge in [-0.3, -0.25) is 14.6 Å². The van der Waals surface area contributed by atoms with Crippen molar-refractivity contribution in [2.75, 3.05) is 0 Å². The largest absolute Gasteiger partial charge is 0.490 e. The number of hydrogen-bond acceptors (Lipinski definition) is 7. The summed E-state index contributed by atoms with van der Waals surface area (Å²) in [6, 6.07) is 13.7. The van der Waals surface area contributed by atoms with Gasteiger partial charge in [-0.2, -0.15) is 13.2 Å². The number of alkyl halides is 3. The summed E-state index contributed by atoms with van der Waals surface area (Å²) in [6.07, 6.45) is -1.29. The summed E-state index contributed by atoms with van der Waals surface area (Å²) < 4.78 is 41.8. The molecular formula is C28H22ClF3N4O4S. The van der Waals surface area contributed by atoms with Gasteiger partial charge in [0.15, 0.2) is 5.17 Å². The predicted octanol–water partition coefficient (Wildman–Crippen LogP) is 5.93. The fourth-order valence-electron chi connectivity index (χ4n) is 4.48. The van der Waals surface area contributed by atoms with Crippen molar-refractivity contribution in [2.45, 2.75) is 44.0 Å². The van der Waals surface area contributed by atoms with E-state index in [2.05, 4.69) is 25.3 Å². The number of amidine groups is 1. The second-order valence-corrected chi connectivity index (χ2v) is 10.9. The van der Waals surface area contributed by atoms with Crippen LogP contribution >= 0.6 is 23.4 Å². The monoisotopic (exact) mass is 602 g/mol. The zero-order valence-electron chi connectivity index (χ0n) is 21.2. The second kappa shape index (κ2) is 11.9. The molecule has 2 aliphatic rings. The summed E-state index contributed by atoms with van der Waals surface area (Å²) in [4.78, 5) is 45.7. The molecule has 1 aliphatic carbocycles. The van der Waals surface area contributed by atoms with Crippen molar-refractivity contribution in [1.82, 2.24) is 15.6 Å². The van der Waals surface area contributed by atoms with Gasteiger partial charge in [-0.05, 0) is 85.5 Å². The Morgan fingerprint density at radius 1 is 1.12 bits per heavy atom. The van der Waals surface area contributed by atoms with Crippen molar-refractivity contribution >= 4 is 69.0 Å². The van der Waals surface area contributed by atoms with Gasteiger partial charge in [0.2, 0.25) is 0 Å². The van der Waals surface area contributed by atoms with E-state index < -0.39 is 24.2 Å². The van der Waals surface area contributed by atoms with Crippen molar-refractivity contribution in [2.24, 2.45) is 4.99 Å². The van der Waals surface area contributed by atoms with Crippen molar-refractivity contribution in [3.05, 3.63) is 75.8 Å². The number of esters is 1. The van der Waals surface area contributed by atoms with Crippen LogP contribution in [0.1, 0.15) is 41.6 Å². The van der Waals surface area contributed by atoms with Gasteiger partial charge in [-0.25, -0.2) is 9.79 Å². The van der Waals surface area contributed by atoms with Crippen LogP contribution in [0, 0.1) is 0 Å². The van der Waals surface area contributed by atoms with Crippen molar-refractivity contribution in [3.8, 4) is 0 Å². The van der Waals surface area contributed by atoms with Crippen LogP contribution in [0.5, 0.6) is 0 Å². The average Bonchev–Trinajstić information content (AvgIpc) is 3.28. The van der Waals surface area contributed by atoms with Crippen molar-refractivity contribution < 1.29 is 32.3 Å². The minimum absolute atomic E-state index is 0.204. The lowest BCUT2D eigenvalue weighted by Crippen LogP contribution is -2.40. The van der Waals surface area contributed by atoms with Gasteiger partial charge in [0, 0.05) is 23.2 Å². The molecule has 1 aromatic heterocycles. The molecule has 0 atom stereocenters. The molecule has 41 heavy (non-hydrogen) atoms.